The van der Waals surface area contributed by atoms with Crippen molar-refractivity contribution in [2.75, 3.05) is 33.0 Å². The number of ether oxygens (including phenoxy) is 1. The number of likely N-dealkylation sites (tertiary alicyclic amines) is 1. The molecular weight excluding hydrogens is 356 g/mol. The van der Waals surface area contributed by atoms with E-state index in [0.29, 0.717) is 38.8 Å². The Morgan fingerprint density at radius 2 is 1.81 bits per heavy atom. The van der Waals surface area contributed by atoms with E-state index in [1.54, 1.807) is 12.0 Å². The molecule has 7 nitrogen and oxygen atoms in total. The summed E-state index contributed by atoms with van der Waals surface area (Å²) in [6, 6.07) is 7.60. The zero-order valence-corrected chi connectivity index (χ0v) is 16.0. The van der Waals surface area contributed by atoms with Crippen LogP contribution in [-0.2, 0) is 25.8 Å². The van der Waals surface area contributed by atoms with Gasteiger partial charge in [-0.05, 0) is 37.0 Å². The standard InChI is InChI=1S/C18H26N2O5S/c1-19-17(21)13-26(23,24)16-9-11-20(12-10-16)18(22)8-5-14-3-6-15(25-2)7-4-14/h3-4,6-7,16H,5,8-13H2,1-2H3,(H,19,21). The van der Waals surface area contributed by atoms with Gasteiger partial charge in [0.25, 0.3) is 0 Å². The number of aryl methyl sites for hydroxylation is 1. The van der Waals surface area contributed by atoms with Crippen LogP contribution in [0.2, 0.25) is 0 Å². The minimum atomic E-state index is -3.47. The third-order valence-corrected chi connectivity index (χ3v) is 6.85. The second-order valence-corrected chi connectivity index (χ2v) is 8.69. The molecule has 1 aliphatic heterocycles. The van der Waals surface area contributed by atoms with Gasteiger partial charge < -0.3 is 15.0 Å². The molecular formula is C18H26N2O5S. The molecule has 0 atom stereocenters. The highest BCUT2D eigenvalue weighted by molar-refractivity contribution is 7.92. The number of rotatable bonds is 7. The highest BCUT2D eigenvalue weighted by Gasteiger charge is 2.32. The number of hydrogen-bond donors (Lipinski definition) is 1. The number of carbonyl (C=O) groups is 2. The number of benzene rings is 1. The van der Waals surface area contributed by atoms with Crippen molar-refractivity contribution >= 4 is 21.7 Å². The fraction of sp³-hybridized carbons (Fsp3) is 0.556. The molecule has 0 bridgehead atoms. The van der Waals surface area contributed by atoms with Crippen LogP contribution < -0.4 is 10.1 Å². The minimum absolute atomic E-state index is 0.0305. The van der Waals surface area contributed by atoms with Crippen molar-refractivity contribution in [2.45, 2.75) is 30.9 Å². The van der Waals surface area contributed by atoms with E-state index in [4.69, 9.17) is 4.74 Å². The predicted octanol–water partition coefficient (Wildman–Crippen LogP) is 0.780. The lowest BCUT2D eigenvalue weighted by atomic mass is 10.1. The van der Waals surface area contributed by atoms with Crippen LogP contribution in [0.4, 0.5) is 0 Å². The van der Waals surface area contributed by atoms with E-state index >= 15 is 0 Å². The maximum Gasteiger partial charge on any atom is 0.234 e. The van der Waals surface area contributed by atoms with Crippen LogP contribution in [0.25, 0.3) is 0 Å². The molecule has 0 aromatic heterocycles. The Kier molecular flexibility index (Phi) is 7.02. The van der Waals surface area contributed by atoms with Crippen molar-refractivity contribution < 1.29 is 22.7 Å². The highest BCUT2D eigenvalue weighted by Crippen LogP contribution is 2.20. The molecule has 1 saturated heterocycles. The van der Waals surface area contributed by atoms with Crippen molar-refractivity contribution in [3.63, 3.8) is 0 Å². The third kappa shape index (κ3) is 5.45. The Labute approximate surface area is 154 Å². The van der Waals surface area contributed by atoms with Crippen LogP contribution in [0, 0.1) is 0 Å². The Bertz CT molecular complexity index is 722. The van der Waals surface area contributed by atoms with E-state index < -0.39 is 26.7 Å². The average molecular weight is 382 g/mol. The first-order chi connectivity index (χ1) is 12.4. The Balaban J connectivity index is 1.81. The van der Waals surface area contributed by atoms with Gasteiger partial charge in [-0.25, -0.2) is 8.42 Å². The van der Waals surface area contributed by atoms with Gasteiger partial charge in [-0.15, -0.1) is 0 Å². The summed E-state index contributed by atoms with van der Waals surface area (Å²) in [7, 11) is -0.441. The van der Waals surface area contributed by atoms with Crippen LogP contribution >= 0.6 is 0 Å². The summed E-state index contributed by atoms with van der Waals surface area (Å²) in [4.78, 5) is 25.4. The zero-order valence-electron chi connectivity index (χ0n) is 15.2. The summed E-state index contributed by atoms with van der Waals surface area (Å²) in [5.41, 5.74) is 1.06. The minimum Gasteiger partial charge on any atom is -0.497 e. The van der Waals surface area contributed by atoms with Gasteiger partial charge in [0.1, 0.15) is 11.5 Å². The second-order valence-electron chi connectivity index (χ2n) is 6.41. The van der Waals surface area contributed by atoms with Gasteiger partial charge in [0, 0.05) is 26.6 Å². The maximum atomic E-state index is 12.4. The molecule has 0 saturated carbocycles. The molecule has 1 heterocycles. The lowest BCUT2D eigenvalue weighted by molar-refractivity contribution is -0.132. The van der Waals surface area contributed by atoms with E-state index in [2.05, 4.69) is 5.32 Å². The molecule has 2 rings (SSSR count). The largest absolute Gasteiger partial charge is 0.497 e. The summed E-state index contributed by atoms with van der Waals surface area (Å²) in [6.45, 7) is 0.832. The monoisotopic (exact) mass is 382 g/mol. The lowest BCUT2D eigenvalue weighted by Crippen LogP contribution is -2.44. The molecule has 0 aliphatic carbocycles. The van der Waals surface area contributed by atoms with Gasteiger partial charge >= 0.3 is 0 Å². The first-order valence-electron chi connectivity index (χ1n) is 8.68. The molecule has 0 radical (unpaired) electrons. The van der Waals surface area contributed by atoms with Gasteiger partial charge in [-0.3, -0.25) is 9.59 Å². The zero-order chi connectivity index (χ0) is 19.2. The van der Waals surface area contributed by atoms with E-state index in [1.807, 2.05) is 24.3 Å². The van der Waals surface area contributed by atoms with E-state index in [9.17, 15) is 18.0 Å². The van der Waals surface area contributed by atoms with Crippen molar-refractivity contribution in [1.29, 1.82) is 0 Å². The number of amides is 2. The molecule has 1 aliphatic rings. The quantitative estimate of drug-likeness (QED) is 0.752. The highest BCUT2D eigenvalue weighted by atomic mass is 32.2. The first kappa shape index (κ1) is 20.2. The number of nitrogens with zero attached hydrogens (tertiary/aromatic N) is 1. The molecule has 1 aromatic rings. The SMILES string of the molecule is CNC(=O)CS(=O)(=O)C1CCN(C(=O)CCc2ccc(OC)cc2)CC1. The molecule has 26 heavy (non-hydrogen) atoms. The number of piperidine rings is 1. The van der Waals surface area contributed by atoms with Gasteiger partial charge in [0.15, 0.2) is 9.84 Å². The van der Waals surface area contributed by atoms with Gasteiger partial charge in [-0.2, -0.15) is 0 Å². The fourth-order valence-electron chi connectivity index (χ4n) is 3.04. The number of nitrogens with one attached hydrogen (secondary N) is 1. The third-order valence-electron chi connectivity index (χ3n) is 4.70. The summed E-state index contributed by atoms with van der Waals surface area (Å²) < 4.78 is 29.5. The summed E-state index contributed by atoms with van der Waals surface area (Å²) in [5, 5.41) is 1.79. The van der Waals surface area contributed by atoms with E-state index in [-0.39, 0.29) is 5.91 Å². The Morgan fingerprint density at radius 3 is 2.35 bits per heavy atom. The molecule has 0 spiro atoms. The van der Waals surface area contributed by atoms with Crippen molar-refractivity contribution in [1.82, 2.24) is 10.2 Å². The topological polar surface area (TPSA) is 92.8 Å². The van der Waals surface area contributed by atoms with Crippen LogP contribution in [-0.4, -0.2) is 63.4 Å². The van der Waals surface area contributed by atoms with Crippen LogP contribution in [0.1, 0.15) is 24.8 Å². The predicted molar refractivity (Wildman–Crippen MR) is 98.8 cm³/mol. The maximum absolute atomic E-state index is 12.4. The van der Waals surface area contributed by atoms with Crippen LogP contribution in [0.15, 0.2) is 24.3 Å². The molecule has 144 valence electrons. The first-order valence-corrected chi connectivity index (χ1v) is 10.4. The molecule has 1 fully saturated rings. The van der Waals surface area contributed by atoms with Crippen molar-refractivity contribution in [2.24, 2.45) is 0 Å². The van der Waals surface area contributed by atoms with Gasteiger partial charge in [0.05, 0.1) is 12.4 Å². The number of hydrogen-bond acceptors (Lipinski definition) is 5. The Morgan fingerprint density at radius 1 is 1.19 bits per heavy atom. The lowest BCUT2D eigenvalue weighted by Gasteiger charge is -2.31. The molecule has 0 unspecified atom stereocenters. The van der Waals surface area contributed by atoms with E-state index in [0.717, 1.165) is 11.3 Å². The van der Waals surface area contributed by atoms with Crippen molar-refractivity contribution in [3.8, 4) is 5.75 Å². The normalized spacial score (nSPS) is 15.5. The smallest absolute Gasteiger partial charge is 0.234 e. The molecule has 1 N–H and O–H groups in total. The molecule has 8 heteroatoms. The Hall–Kier alpha value is -2.09. The fourth-order valence-corrected chi connectivity index (χ4v) is 4.71. The average Bonchev–Trinajstić information content (AvgIpc) is 2.66. The van der Waals surface area contributed by atoms with Crippen molar-refractivity contribution in [3.05, 3.63) is 29.8 Å². The van der Waals surface area contributed by atoms with Gasteiger partial charge in [0.2, 0.25) is 11.8 Å². The second kappa shape index (κ2) is 9.02. The van der Waals surface area contributed by atoms with Crippen LogP contribution in [0.5, 0.6) is 5.75 Å². The number of carbonyl (C=O) groups excluding carboxylic acids is 2. The summed E-state index contributed by atoms with van der Waals surface area (Å²) in [5.74, 6) is -0.175. The molecule has 2 amide bonds. The summed E-state index contributed by atoms with van der Waals surface area (Å²) in [6.07, 6.45) is 1.79. The van der Waals surface area contributed by atoms with Crippen LogP contribution in [0.3, 0.4) is 0 Å². The van der Waals surface area contributed by atoms with Gasteiger partial charge in [-0.1, -0.05) is 12.1 Å². The molecule has 1 aromatic carbocycles. The number of sulfone groups is 1. The van der Waals surface area contributed by atoms with E-state index in [1.165, 1.54) is 7.05 Å². The summed E-state index contributed by atoms with van der Waals surface area (Å²) >= 11 is 0. The number of methoxy groups -OCH3 is 1.